The number of rotatable bonds is 6. The van der Waals surface area contributed by atoms with Crippen LogP contribution in [0.1, 0.15) is 24.0 Å². The summed E-state index contributed by atoms with van der Waals surface area (Å²) in [5, 5.41) is 3.29. The van der Waals surface area contributed by atoms with Crippen molar-refractivity contribution in [2.24, 2.45) is 4.99 Å². The molecule has 0 unspecified atom stereocenters. The predicted molar refractivity (Wildman–Crippen MR) is 98.8 cm³/mol. The first-order chi connectivity index (χ1) is 9.58. The Morgan fingerprint density at radius 2 is 2.19 bits per heavy atom. The molecule has 0 aliphatic rings. The zero-order chi connectivity index (χ0) is 15.0. The fourth-order valence-electron chi connectivity index (χ4n) is 1.96. The molecule has 0 radical (unpaired) electrons. The Labute approximate surface area is 144 Å². The summed E-state index contributed by atoms with van der Waals surface area (Å²) in [4.78, 5) is 6.34. The molecule has 1 aromatic rings. The van der Waals surface area contributed by atoms with Crippen LogP contribution in [0.15, 0.2) is 35.8 Å². The van der Waals surface area contributed by atoms with E-state index in [4.69, 9.17) is 0 Å². The van der Waals surface area contributed by atoms with Gasteiger partial charge in [-0.25, -0.2) is 4.39 Å². The van der Waals surface area contributed by atoms with E-state index in [1.54, 1.807) is 20.0 Å². The molecule has 0 bridgehead atoms. The zero-order valence-corrected chi connectivity index (χ0v) is 15.4. The van der Waals surface area contributed by atoms with Crippen molar-refractivity contribution < 1.29 is 4.39 Å². The number of allylic oxidation sites excluding steroid dienone is 1. The maximum absolute atomic E-state index is 13.2. The van der Waals surface area contributed by atoms with Gasteiger partial charge in [0.1, 0.15) is 5.82 Å². The van der Waals surface area contributed by atoms with E-state index in [0.29, 0.717) is 12.1 Å². The monoisotopic (exact) mass is 405 g/mol. The average molecular weight is 405 g/mol. The van der Waals surface area contributed by atoms with Crippen LogP contribution in [-0.2, 0) is 6.54 Å². The highest BCUT2D eigenvalue weighted by Gasteiger charge is 2.05. The molecule has 1 N–H and O–H groups in total. The number of aliphatic imine (C=N–C) groups is 1. The molecular weight excluding hydrogens is 380 g/mol. The maximum atomic E-state index is 13.2. The third kappa shape index (κ3) is 6.93. The lowest BCUT2D eigenvalue weighted by Crippen LogP contribution is -2.38. The minimum Gasteiger partial charge on any atom is -0.352 e. The molecule has 0 atom stereocenters. The molecule has 0 amide bonds. The van der Waals surface area contributed by atoms with Gasteiger partial charge in [0.15, 0.2) is 5.96 Å². The molecule has 0 saturated carbocycles. The first kappa shape index (κ1) is 19.9. The van der Waals surface area contributed by atoms with Gasteiger partial charge < -0.3 is 10.2 Å². The Morgan fingerprint density at radius 1 is 1.48 bits per heavy atom. The van der Waals surface area contributed by atoms with E-state index in [0.717, 1.165) is 30.9 Å². The van der Waals surface area contributed by atoms with Crippen LogP contribution < -0.4 is 5.32 Å². The fraction of sp³-hybridized carbons (Fsp3) is 0.438. The summed E-state index contributed by atoms with van der Waals surface area (Å²) < 4.78 is 13.2. The highest BCUT2D eigenvalue weighted by molar-refractivity contribution is 14.0. The number of nitrogens with zero attached hydrogens (tertiary/aromatic N) is 2. The molecule has 1 aromatic carbocycles. The average Bonchev–Trinajstić information content (AvgIpc) is 2.43. The lowest BCUT2D eigenvalue weighted by molar-refractivity contribution is 0.470. The summed E-state index contributed by atoms with van der Waals surface area (Å²) >= 11 is 0. The van der Waals surface area contributed by atoms with Crippen molar-refractivity contribution in [3.05, 3.63) is 47.8 Å². The van der Waals surface area contributed by atoms with Crippen LogP contribution in [0.3, 0.4) is 0 Å². The second-order valence-electron chi connectivity index (χ2n) is 4.84. The Kier molecular flexibility index (Phi) is 10.0. The number of nitrogens with one attached hydrogen (secondary N) is 1. The molecule has 0 aromatic heterocycles. The number of hydrogen-bond donors (Lipinski definition) is 1. The number of guanidine groups is 1. The predicted octanol–water partition coefficient (Wildman–Crippen LogP) is 3.73. The normalized spacial score (nSPS) is 10.8. The standard InChI is InChI=1S/C16H24FN3.HI/c1-5-6-7-10-20(4)16(18-3)19-12-14-8-9-15(17)13(2)11-14;/h5,8-9,11H,1,6-7,10,12H2,2-4H3,(H,18,19);1H. The van der Waals surface area contributed by atoms with Gasteiger partial charge in [0.2, 0.25) is 0 Å². The van der Waals surface area contributed by atoms with Gasteiger partial charge in [-0.2, -0.15) is 0 Å². The van der Waals surface area contributed by atoms with Crippen molar-refractivity contribution in [3.63, 3.8) is 0 Å². The van der Waals surface area contributed by atoms with Gasteiger partial charge in [-0.15, -0.1) is 30.6 Å². The third-order valence-electron chi connectivity index (χ3n) is 3.15. The number of halogens is 2. The van der Waals surface area contributed by atoms with Gasteiger partial charge in [-0.1, -0.05) is 18.2 Å². The Bertz CT molecular complexity index is 475. The molecular formula is C16H25FIN3. The molecule has 21 heavy (non-hydrogen) atoms. The Balaban J connectivity index is 0.00000400. The molecule has 0 aliphatic carbocycles. The molecule has 0 fully saturated rings. The largest absolute Gasteiger partial charge is 0.352 e. The van der Waals surface area contributed by atoms with E-state index < -0.39 is 0 Å². The first-order valence-electron chi connectivity index (χ1n) is 6.86. The van der Waals surface area contributed by atoms with Crippen LogP contribution in [0.4, 0.5) is 4.39 Å². The van der Waals surface area contributed by atoms with E-state index in [-0.39, 0.29) is 29.8 Å². The molecule has 0 heterocycles. The van der Waals surface area contributed by atoms with E-state index in [1.807, 2.05) is 19.2 Å². The summed E-state index contributed by atoms with van der Waals surface area (Å²) in [5.41, 5.74) is 1.71. The van der Waals surface area contributed by atoms with E-state index in [2.05, 4.69) is 21.8 Å². The van der Waals surface area contributed by atoms with Gasteiger partial charge in [0.05, 0.1) is 0 Å². The number of hydrogen-bond acceptors (Lipinski definition) is 1. The SMILES string of the molecule is C=CCCCN(C)C(=NC)NCc1ccc(F)c(C)c1.I. The van der Waals surface area contributed by atoms with Gasteiger partial charge >= 0.3 is 0 Å². The number of benzene rings is 1. The number of unbranched alkanes of at least 4 members (excludes halogenated alkanes) is 1. The van der Waals surface area contributed by atoms with Crippen LogP contribution >= 0.6 is 24.0 Å². The van der Waals surface area contributed by atoms with Gasteiger partial charge in [-0.05, 0) is 37.0 Å². The van der Waals surface area contributed by atoms with Crippen LogP contribution in [0.25, 0.3) is 0 Å². The van der Waals surface area contributed by atoms with Crippen LogP contribution in [0.5, 0.6) is 0 Å². The van der Waals surface area contributed by atoms with Gasteiger partial charge in [0.25, 0.3) is 0 Å². The minimum absolute atomic E-state index is 0. The zero-order valence-electron chi connectivity index (χ0n) is 13.0. The second kappa shape index (κ2) is 10.6. The van der Waals surface area contributed by atoms with Crippen molar-refractivity contribution in [1.82, 2.24) is 10.2 Å². The van der Waals surface area contributed by atoms with Gasteiger partial charge in [-0.3, -0.25) is 4.99 Å². The lowest BCUT2D eigenvalue weighted by atomic mass is 10.1. The topological polar surface area (TPSA) is 27.6 Å². The second-order valence-corrected chi connectivity index (χ2v) is 4.84. The van der Waals surface area contributed by atoms with Crippen LogP contribution in [0, 0.1) is 12.7 Å². The molecule has 118 valence electrons. The highest BCUT2D eigenvalue weighted by atomic mass is 127. The first-order valence-corrected chi connectivity index (χ1v) is 6.86. The van der Waals surface area contributed by atoms with Crippen molar-refractivity contribution in [1.29, 1.82) is 0 Å². The quantitative estimate of drug-likeness (QED) is 0.257. The summed E-state index contributed by atoms with van der Waals surface area (Å²) in [6.07, 6.45) is 3.97. The summed E-state index contributed by atoms with van der Waals surface area (Å²) in [6, 6.07) is 5.15. The fourth-order valence-corrected chi connectivity index (χ4v) is 1.96. The maximum Gasteiger partial charge on any atom is 0.193 e. The van der Waals surface area contributed by atoms with E-state index >= 15 is 0 Å². The molecule has 5 heteroatoms. The third-order valence-corrected chi connectivity index (χ3v) is 3.15. The smallest absolute Gasteiger partial charge is 0.193 e. The summed E-state index contributed by atoms with van der Waals surface area (Å²) in [7, 11) is 3.77. The molecule has 3 nitrogen and oxygen atoms in total. The molecule has 0 spiro atoms. The van der Waals surface area contributed by atoms with Crippen molar-refractivity contribution in [2.45, 2.75) is 26.3 Å². The molecule has 0 aliphatic heterocycles. The van der Waals surface area contributed by atoms with Crippen LogP contribution in [-0.4, -0.2) is 31.5 Å². The Morgan fingerprint density at radius 3 is 2.76 bits per heavy atom. The van der Waals surface area contributed by atoms with Crippen LogP contribution in [0.2, 0.25) is 0 Å². The molecule has 0 saturated heterocycles. The Hall–Kier alpha value is -1.11. The van der Waals surface area contributed by atoms with Crippen molar-refractivity contribution in [3.8, 4) is 0 Å². The van der Waals surface area contributed by atoms with E-state index in [9.17, 15) is 4.39 Å². The van der Waals surface area contributed by atoms with Crippen molar-refractivity contribution >= 4 is 29.9 Å². The summed E-state index contributed by atoms with van der Waals surface area (Å²) in [5.74, 6) is 0.677. The highest BCUT2D eigenvalue weighted by Crippen LogP contribution is 2.09. The van der Waals surface area contributed by atoms with Gasteiger partial charge in [0, 0.05) is 27.2 Å². The minimum atomic E-state index is -0.167. The summed E-state index contributed by atoms with van der Waals surface area (Å²) in [6.45, 7) is 7.05. The van der Waals surface area contributed by atoms with Crippen molar-refractivity contribution in [2.75, 3.05) is 20.6 Å². The molecule has 1 rings (SSSR count). The van der Waals surface area contributed by atoms with E-state index in [1.165, 1.54) is 6.07 Å². The lowest BCUT2D eigenvalue weighted by Gasteiger charge is -2.22. The number of aryl methyl sites for hydroxylation is 1.